The summed E-state index contributed by atoms with van der Waals surface area (Å²) in [4.78, 5) is 17.3. The average molecular weight is 364 g/mol. The van der Waals surface area contributed by atoms with Gasteiger partial charge in [0.1, 0.15) is 0 Å². The third-order valence-corrected chi connectivity index (χ3v) is 6.14. The van der Waals surface area contributed by atoms with Crippen molar-refractivity contribution in [2.24, 2.45) is 11.7 Å². The first-order chi connectivity index (χ1) is 13.0. The van der Waals surface area contributed by atoms with Gasteiger partial charge in [-0.05, 0) is 79.6 Å². The van der Waals surface area contributed by atoms with Gasteiger partial charge in [0.2, 0.25) is 0 Å². The predicted octanol–water partition coefficient (Wildman–Crippen LogP) is 3.63. The first-order valence-electron chi connectivity index (χ1n) is 9.98. The third kappa shape index (κ3) is 3.59. The van der Waals surface area contributed by atoms with Crippen molar-refractivity contribution in [3.05, 3.63) is 64.2 Å². The van der Waals surface area contributed by atoms with Crippen LogP contribution in [0.5, 0.6) is 0 Å². The van der Waals surface area contributed by atoms with Crippen LogP contribution in [0.3, 0.4) is 0 Å². The maximum atomic E-state index is 13.0. The number of aryl methyl sites for hydroxylation is 2. The quantitative estimate of drug-likeness (QED) is 0.906. The number of fused-ring (bicyclic) bond motifs is 1. The minimum absolute atomic E-state index is 0.137. The average Bonchev–Trinajstić information content (AvgIpc) is 3.10. The van der Waals surface area contributed by atoms with Gasteiger partial charge in [-0.25, -0.2) is 0 Å². The van der Waals surface area contributed by atoms with Crippen LogP contribution in [0.2, 0.25) is 0 Å². The van der Waals surface area contributed by atoms with Crippen molar-refractivity contribution in [2.75, 3.05) is 24.5 Å². The van der Waals surface area contributed by atoms with E-state index in [1.165, 1.54) is 22.3 Å². The van der Waals surface area contributed by atoms with Crippen LogP contribution in [0.25, 0.3) is 0 Å². The molecule has 0 spiro atoms. The Hall–Kier alpha value is -2.33. The van der Waals surface area contributed by atoms with Crippen molar-refractivity contribution in [1.82, 2.24) is 4.90 Å². The second kappa shape index (κ2) is 7.35. The van der Waals surface area contributed by atoms with Crippen LogP contribution in [0.4, 0.5) is 5.69 Å². The van der Waals surface area contributed by atoms with E-state index in [4.69, 9.17) is 5.73 Å². The Morgan fingerprint density at radius 3 is 2.48 bits per heavy atom. The molecule has 1 fully saturated rings. The summed E-state index contributed by atoms with van der Waals surface area (Å²) in [5.41, 5.74) is 13.2. The van der Waals surface area contributed by atoms with Crippen LogP contribution >= 0.6 is 0 Å². The van der Waals surface area contributed by atoms with Gasteiger partial charge in [-0.2, -0.15) is 0 Å². The molecule has 1 atom stereocenters. The highest BCUT2D eigenvalue weighted by molar-refractivity contribution is 5.95. The molecule has 2 aromatic carbocycles. The number of hydrogen-bond acceptors (Lipinski definition) is 3. The largest absolute Gasteiger partial charge is 0.363 e. The number of piperidine rings is 1. The molecule has 4 heteroatoms. The number of carbonyl (C=O) groups excluding carboxylic acids is 1. The van der Waals surface area contributed by atoms with Crippen molar-refractivity contribution in [3.8, 4) is 0 Å². The second-order valence-electron chi connectivity index (χ2n) is 8.11. The fraction of sp³-hybridized carbons (Fsp3) is 0.435. The lowest BCUT2D eigenvalue weighted by atomic mass is 9.97. The number of amides is 1. The summed E-state index contributed by atoms with van der Waals surface area (Å²) in [5, 5.41) is 0. The van der Waals surface area contributed by atoms with Gasteiger partial charge < -0.3 is 15.5 Å². The van der Waals surface area contributed by atoms with E-state index >= 15 is 0 Å². The van der Waals surface area contributed by atoms with E-state index in [1.807, 2.05) is 17.0 Å². The molecule has 2 aromatic rings. The number of carbonyl (C=O) groups is 1. The summed E-state index contributed by atoms with van der Waals surface area (Å²) in [5.74, 6) is 0.573. The Kier molecular flexibility index (Phi) is 4.92. The molecule has 1 amide bonds. The number of nitrogens with two attached hydrogens (primary N) is 1. The highest BCUT2D eigenvalue weighted by Gasteiger charge is 2.25. The van der Waals surface area contributed by atoms with Crippen LogP contribution in [-0.4, -0.2) is 30.4 Å². The van der Waals surface area contributed by atoms with Crippen LogP contribution in [0, 0.1) is 19.8 Å². The summed E-state index contributed by atoms with van der Waals surface area (Å²) >= 11 is 0. The molecule has 0 unspecified atom stereocenters. The van der Waals surface area contributed by atoms with Crippen molar-refractivity contribution in [1.29, 1.82) is 0 Å². The van der Waals surface area contributed by atoms with Gasteiger partial charge in [0.05, 0.1) is 0 Å². The summed E-state index contributed by atoms with van der Waals surface area (Å²) in [6, 6.07) is 12.7. The first kappa shape index (κ1) is 18.1. The van der Waals surface area contributed by atoms with Crippen molar-refractivity contribution < 1.29 is 4.79 Å². The maximum absolute atomic E-state index is 13.0. The van der Waals surface area contributed by atoms with Gasteiger partial charge in [0.15, 0.2) is 0 Å². The van der Waals surface area contributed by atoms with Crippen molar-refractivity contribution in [3.63, 3.8) is 0 Å². The Labute approximate surface area is 162 Å². The number of nitrogens with zero attached hydrogens (tertiary/aromatic N) is 2. The smallest absolute Gasteiger partial charge is 0.253 e. The molecule has 0 aromatic heterocycles. The Morgan fingerprint density at radius 1 is 1.11 bits per heavy atom. The van der Waals surface area contributed by atoms with E-state index in [0.717, 1.165) is 50.3 Å². The zero-order valence-electron chi connectivity index (χ0n) is 16.4. The second-order valence-corrected chi connectivity index (χ2v) is 8.11. The lowest BCUT2D eigenvalue weighted by Crippen LogP contribution is -2.42. The van der Waals surface area contributed by atoms with E-state index < -0.39 is 0 Å². The van der Waals surface area contributed by atoms with Gasteiger partial charge in [-0.15, -0.1) is 0 Å². The zero-order valence-corrected chi connectivity index (χ0v) is 16.4. The van der Waals surface area contributed by atoms with Gasteiger partial charge in [-0.1, -0.05) is 18.2 Å². The maximum Gasteiger partial charge on any atom is 0.253 e. The molecule has 0 radical (unpaired) electrons. The fourth-order valence-electron chi connectivity index (χ4n) is 4.34. The Bertz CT molecular complexity index is 830. The van der Waals surface area contributed by atoms with Crippen LogP contribution in [-0.2, 0) is 13.1 Å². The monoisotopic (exact) mass is 363 g/mol. The molecule has 27 heavy (non-hydrogen) atoms. The minimum Gasteiger partial charge on any atom is -0.363 e. The zero-order chi connectivity index (χ0) is 19.0. The predicted molar refractivity (Wildman–Crippen MR) is 110 cm³/mol. The fourth-order valence-corrected chi connectivity index (χ4v) is 4.34. The summed E-state index contributed by atoms with van der Waals surface area (Å²) in [6.07, 6.45) is 2.18. The third-order valence-electron chi connectivity index (χ3n) is 6.14. The lowest BCUT2D eigenvalue weighted by molar-refractivity contribution is 0.0678. The molecular formula is C23H29N3O. The Balaban J connectivity index is 1.52. The number of likely N-dealkylation sites (tertiary alicyclic amines) is 1. The summed E-state index contributed by atoms with van der Waals surface area (Å²) in [7, 11) is 0. The molecule has 2 aliphatic rings. The van der Waals surface area contributed by atoms with Crippen molar-refractivity contribution in [2.45, 2.75) is 39.8 Å². The van der Waals surface area contributed by atoms with Crippen LogP contribution in [0.1, 0.15) is 45.5 Å². The standard InChI is InChI=1S/C23H29N3O/c1-16-9-20-14-26(15-21(20)10-17(16)2)22-7-3-6-19(11-22)23(27)25-8-4-5-18(12-24)13-25/h3,6-7,9-11,18H,4-5,8,12-15,24H2,1-2H3/t18-/m0/s1. The van der Waals surface area contributed by atoms with E-state index in [1.54, 1.807) is 0 Å². The highest BCUT2D eigenvalue weighted by atomic mass is 16.2. The number of hydrogen-bond donors (Lipinski definition) is 1. The molecule has 0 aliphatic carbocycles. The van der Waals surface area contributed by atoms with Gasteiger partial charge >= 0.3 is 0 Å². The molecule has 142 valence electrons. The number of anilines is 1. The first-order valence-corrected chi connectivity index (χ1v) is 9.98. The van der Waals surface area contributed by atoms with Gasteiger partial charge in [0, 0.05) is 37.4 Å². The molecule has 0 saturated carbocycles. The molecule has 2 N–H and O–H groups in total. The molecule has 1 saturated heterocycles. The van der Waals surface area contributed by atoms with Crippen LogP contribution < -0.4 is 10.6 Å². The minimum atomic E-state index is 0.137. The summed E-state index contributed by atoms with van der Waals surface area (Å²) in [6.45, 7) is 8.45. The SMILES string of the molecule is Cc1cc2c(cc1C)CN(c1cccc(C(=O)N3CCC[C@@H](CN)C3)c1)C2. The normalized spacial score (nSPS) is 19.3. The molecular weight excluding hydrogens is 334 g/mol. The van der Waals surface area contributed by atoms with E-state index in [2.05, 4.69) is 43.0 Å². The summed E-state index contributed by atoms with van der Waals surface area (Å²) < 4.78 is 0. The Morgan fingerprint density at radius 2 is 1.81 bits per heavy atom. The van der Waals surface area contributed by atoms with E-state index in [0.29, 0.717) is 12.5 Å². The highest BCUT2D eigenvalue weighted by Crippen LogP contribution is 2.31. The molecule has 0 bridgehead atoms. The van der Waals surface area contributed by atoms with E-state index in [-0.39, 0.29) is 5.91 Å². The lowest BCUT2D eigenvalue weighted by Gasteiger charge is -2.32. The number of rotatable bonds is 3. The van der Waals surface area contributed by atoms with Crippen LogP contribution in [0.15, 0.2) is 36.4 Å². The molecule has 2 aliphatic heterocycles. The molecule has 2 heterocycles. The van der Waals surface area contributed by atoms with Crippen molar-refractivity contribution >= 4 is 11.6 Å². The topological polar surface area (TPSA) is 49.6 Å². The van der Waals surface area contributed by atoms with Gasteiger partial charge in [0.25, 0.3) is 5.91 Å². The number of benzene rings is 2. The van der Waals surface area contributed by atoms with E-state index in [9.17, 15) is 4.79 Å². The molecule has 4 nitrogen and oxygen atoms in total. The molecule has 4 rings (SSSR count). The van der Waals surface area contributed by atoms with Gasteiger partial charge in [-0.3, -0.25) is 4.79 Å².